The minimum Gasteiger partial charge on any atom is -0.466 e. The molecule has 0 radical (unpaired) electrons. The predicted molar refractivity (Wildman–Crippen MR) is 82.8 cm³/mol. The molecule has 20 heavy (non-hydrogen) atoms. The second kappa shape index (κ2) is 10.5. The van der Waals surface area contributed by atoms with Gasteiger partial charge in [-0.15, -0.1) is 0 Å². The molecule has 3 nitrogen and oxygen atoms in total. The second-order valence-electron chi connectivity index (χ2n) is 5.45. The van der Waals surface area contributed by atoms with Crippen molar-refractivity contribution in [2.24, 2.45) is 0 Å². The normalized spacial score (nSPS) is 10.7. The molecule has 0 saturated carbocycles. The Morgan fingerprint density at radius 1 is 1.05 bits per heavy atom. The van der Waals surface area contributed by atoms with E-state index in [0.717, 1.165) is 19.3 Å². The molecule has 1 N–H and O–H groups in total. The van der Waals surface area contributed by atoms with E-state index in [1.54, 1.807) is 0 Å². The number of aromatic nitrogens is 1. The van der Waals surface area contributed by atoms with Crippen molar-refractivity contribution in [3.05, 3.63) is 23.5 Å². The Morgan fingerprint density at radius 2 is 1.70 bits per heavy atom. The molecule has 1 heterocycles. The van der Waals surface area contributed by atoms with E-state index in [9.17, 15) is 4.79 Å². The molecule has 0 atom stereocenters. The van der Waals surface area contributed by atoms with Crippen LogP contribution in [0, 0.1) is 6.92 Å². The number of aromatic amines is 1. The number of esters is 1. The molecule has 114 valence electrons. The van der Waals surface area contributed by atoms with Gasteiger partial charge in [0.25, 0.3) is 0 Å². The van der Waals surface area contributed by atoms with Gasteiger partial charge in [0.05, 0.1) is 6.61 Å². The third-order valence-electron chi connectivity index (χ3n) is 3.52. The van der Waals surface area contributed by atoms with Crippen molar-refractivity contribution in [2.45, 2.75) is 71.6 Å². The first kappa shape index (κ1) is 16.8. The number of ether oxygens (including phenoxy) is 1. The number of H-pyrrole nitrogens is 1. The number of carbonyl (C=O) groups is 1. The summed E-state index contributed by atoms with van der Waals surface area (Å²) in [7, 11) is 0. The van der Waals surface area contributed by atoms with Crippen LogP contribution in [0.3, 0.4) is 0 Å². The van der Waals surface area contributed by atoms with Crippen LogP contribution in [0.25, 0.3) is 0 Å². The third-order valence-corrected chi connectivity index (χ3v) is 3.52. The van der Waals surface area contributed by atoms with E-state index in [2.05, 4.69) is 24.0 Å². The fourth-order valence-corrected chi connectivity index (χ4v) is 2.41. The summed E-state index contributed by atoms with van der Waals surface area (Å²) < 4.78 is 4.90. The van der Waals surface area contributed by atoms with Crippen LogP contribution in [-0.4, -0.2) is 17.6 Å². The summed E-state index contributed by atoms with van der Waals surface area (Å²) in [6, 6.07) is 4.32. The second-order valence-corrected chi connectivity index (χ2v) is 5.45. The fourth-order valence-electron chi connectivity index (χ4n) is 2.41. The Hall–Kier alpha value is -1.25. The number of hydrogen-bond acceptors (Lipinski definition) is 2. The number of unbranched alkanes of at least 4 members (excludes halogenated alkanes) is 6. The topological polar surface area (TPSA) is 42.1 Å². The molecule has 1 aromatic heterocycles. The summed E-state index contributed by atoms with van der Waals surface area (Å²) in [5.41, 5.74) is 2.61. The van der Waals surface area contributed by atoms with Crippen LogP contribution in [0.1, 0.15) is 69.7 Å². The van der Waals surface area contributed by atoms with Gasteiger partial charge in [-0.2, -0.15) is 0 Å². The van der Waals surface area contributed by atoms with Crippen LogP contribution in [0.4, 0.5) is 0 Å². The zero-order chi connectivity index (χ0) is 14.6. The van der Waals surface area contributed by atoms with Gasteiger partial charge in [0.15, 0.2) is 0 Å². The smallest absolute Gasteiger partial charge is 0.305 e. The SMILES string of the molecule is CCOC(=O)CCCCCCCCCc1ccc(C)[nH]1. The molecule has 1 aromatic rings. The molecule has 0 spiro atoms. The van der Waals surface area contributed by atoms with Crippen LogP contribution in [0.5, 0.6) is 0 Å². The Morgan fingerprint density at radius 3 is 2.30 bits per heavy atom. The van der Waals surface area contributed by atoms with E-state index in [-0.39, 0.29) is 5.97 Å². The highest BCUT2D eigenvalue weighted by Gasteiger charge is 2.00. The van der Waals surface area contributed by atoms with E-state index in [4.69, 9.17) is 4.74 Å². The standard InChI is InChI=1S/C17H29NO2/c1-3-20-17(19)12-10-8-6-4-5-7-9-11-16-14-13-15(2)18-16/h13-14,18H,3-12H2,1-2H3. The van der Waals surface area contributed by atoms with Crippen molar-refractivity contribution in [3.63, 3.8) is 0 Å². The van der Waals surface area contributed by atoms with Gasteiger partial charge in [-0.3, -0.25) is 4.79 Å². The lowest BCUT2D eigenvalue weighted by Crippen LogP contribution is -2.03. The summed E-state index contributed by atoms with van der Waals surface area (Å²) >= 11 is 0. The predicted octanol–water partition coefficient (Wildman–Crippen LogP) is 4.55. The molecule has 0 aromatic carbocycles. The van der Waals surface area contributed by atoms with E-state index in [1.165, 1.54) is 43.5 Å². The first-order valence-corrected chi connectivity index (χ1v) is 8.02. The molecule has 0 saturated heterocycles. The highest BCUT2D eigenvalue weighted by Crippen LogP contribution is 2.11. The van der Waals surface area contributed by atoms with Gasteiger partial charge < -0.3 is 9.72 Å². The zero-order valence-corrected chi connectivity index (χ0v) is 13.0. The Balaban J connectivity index is 1.84. The molecule has 3 heteroatoms. The lowest BCUT2D eigenvalue weighted by atomic mass is 10.1. The monoisotopic (exact) mass is 279 g/mol. The number of carbonyl (C=O) groups excluding carboxylic acids is 1. The van der Waals surface area contributed by atoms with Crippen molar-refractivity contribution >= 4 is 5.97 Å². The lowest BCUT2D eigenvalue weighted by Gasteiger charge is -2.03. The molecule has 0 aliphatic rings. The van der Waals surface area contributed by atoms with Crippen LogP contribution < -0.4 is 0 Å². The van der Waals surface area contributed by atoms with Crippen molar-refractivity contribution in [1.29, 1.82) is 0 Å². The minimum absolute atomic E-state index is 0.0475. The summed E-state index contributed by atoms with van der Waals surface area (Å²) in [5, 5.41) is 0. The Labute approximate surface area is 123 Å². The molecule has 0 bridgehead atoms. The summed E-state index contributed by atoms with van der Waals surface area (Å²) in [4.78, 5) is 14.5. The Bertz CT molecular complexity index is 371. The molecular weight excluding hydrogens is 250 g/mol. The zero-order valence-electron chi connectivity index (χ0n) is 13.0. The quantitative estimate of drug-likeness (QED) is 0.477. The maximum atomic E-state index is 11.1. The highest BCUT2D eigenvalue weighted by atomic mass is 16.5. The summed E-state index contributed by atoms with van der Waals surface area (Å²) in [6.45, 7) is 4.45. The van der Waals surface area contributed by atoms with E-state index < -0.39 is 0 Å². The van der Waals surface area contributed by atoms with Crippen molar-refractivity contribution in [3.8, 4) is 0 Å². The number of aryl methyl sites for hydroxylation is 2. The first-order chi connectivity index (χ1) is 9.72. The molecule has 0 fully saturated rings. The third kappa shape index (κ3) is 8.03. The lowest BCUT2D eigenvalue weighted by molar-refractivity contribution is -0.143. The molecular formula is C17H29NO2. The largest absolute Gasteiger partial charge is 0.466 e. The van der Waals surface area contributed by atoms with Crippen molar-refractivity contribution in [2.75, 3.05) is 6.61 Å². The maximum Gasteiger partial charge on any atom is 0.305 e. The Kier molecular flexibility index (Phi) is 8.84. The van der Waals surface area contributed by atoms with Crippen molar-refractivity contribution < 1.29 is 9.53 Å². The van der Waals surface area contributed by atoms with Gasteiger partial charge in [-0.1, -0.05) is 32.1 Å². The van der Waals surface area contributed by atoms with E-state index >= 15 is 0 Å². The average Bonchev–Trinajstić information content (AvgIpc) is 2.83. The maximum absolute atomic E-state index is 11.1. The number of rotatable bonds is 11. The number of nitrogens with one attached hydrogen (secondary N) is 1. The van der Waals surface area contributed by atoms with Crippen LogP contribution in [0.2, 0.25) is 0 Å². The van der Waals surface area contributed by atoms with Gasteiger partial charge >= 0.3 is 5.97 Å². The van der Waals surface area contributed by atoms with Crippen LogP contribution >= 0.6 is 0 Å². The van der Waals surface area contributed by atoms with Crippen LogP contribution in [-0.2, 0) is 16.0 Å². The average molecular weight is 279 g/mol. The van der Waals surface area contributed by atoms with E-state index in [1.807, 2.05) is 6.92 Å². The van der Waals surface area contributed by atoms with Gasteiger partial charge in [0.1, 0.15) is 0 Å². The van der Waals surface area contributed by atoms with Gasteiger partial charge in [0, 0.05) is 17.8 Å². The minimum atomic E-state index is -0.0475. The molecule has 0 unspecified atom stereocenters. The number of hydrogen-bond donors (Lipinski definition) is 1. The van der Waals surface area contributed by atoms with Gasteiger partial charge in [0.2, 0.25) is 0 Å². The van der Waals surface area contributed by atoms with Gasteiger partial charge in [-0.05, 0) is 45.2 Å². The molecule has 0 aliphatic carbocycles. The van der Waals surface area contributed by atoms with Crippen LogP contribution in [0.15, 0.2) is 12.1 Å². The first-order valence-electron chi connectivity index (χ1n) is 8.02. The highest BCUT2D eigenvalue weighted by molar-refractivity contribution is 5.69. The molecule has 1 rings (SSSR count). The molecule has 0 amide bonds. The van der Waals surface area contributed by atoms with E-state index in [0.29, 0.717) is 13.0 Å². The summed E-state index contributed by atoms with van der Waals surface area (Å²) in [5.74, 6) is -0.0475. The fraction of sp³-hybridized carbons (Fsp3) is 0.706. The molecule has 0 aliphatic heterocycles. The van der Waals surface area contributed by atoms with Gasteiger partial charge in [-0.25, -0.2) is 0 Å². The van der Waals surface area contributed by atoms with Crippen molar-refractivity contribution in [1.82, 2.24) is 4.98 Å². The summed E-state index contributed by atoms with van der Waals surface area (Å²) in [6.07, 6.45) is 10.3.